The molecule has 0 unspecified atom stereocenters. The maximum absolute atomic E-state index is 12.6. The molecule has 1 aromatic heterocycles. The van der Waals surface area contributed by atoms with E-state index in [0.29, 0.717) is 29.7 Å². The van der Waals surface area contributed by atoms with Crippen LogP contribution in [0.4, 0.5) is 10.7 Å². The van der Waals surface area contributed by atoms with E-state index in [1.54, 1.807) is 6.07 Å². The highest BCUT2D eigenvalue weighted by Gasteiger charge is 2.32. The van der Waals surface area contributed by atoms with Crippen LogP contribution in [0.15, 0.2) is 42.5 Å². The summed E-state index contributed by atoms with van der Waals surface area (Å²) in [6, 6.07) is 13.6. The van der Waals surface area contributed by atoms with Gasteiger partial charge in [-0.1, -0.05) is 41.4 Å². The third-order valence-electron chi connectivity index (χ3n) is 5.50. The molecule has 8 heteroatoms. The van der Waals surface area contributed by atoms with E-state index in [9.17, 15) is 4.79 Å². The summed E-state index contributed by atoms with van der Waals surface area (Å²) in [5.74, 6) is 0.744. The van der Waals surface area contributed by atoms with Crippen LogP contribution in [0.5, 0.6) is 0 Å². The van der Waals surface area contributed by atoms with Crippen molar-refractivity contribution in [3.63, 3.8) is 0 Å². The van der Waals surface area contributed by atoms with Gasteiger partial charge in [-0.2, -0.15) is 0 Å². The van der Waals surface area contributed by atoms with Gasteiger partial charge in [0.15, 0.2) is 0 Å². The van der Waals surface area contributed by atoms with Crippen molar-refractivity contribution in [1.29, 1.82) is 0 Å². The van der Waals surface area contributed by atoms with Crippen LogP contribution in [0, 0.1) is 0 Å². The molecule has 1 N–H and O–H groups in total. The molecule has 0 bridgehead atoms. The van der Waals surface area contributed by atoms with Crippen molar-refractivity contribution in [2.75, 3.05) is 18.4 Å². The van der Waals surface area contributed by atoms with Gasteiger partial charge in [-0.25, -0.2) is 9.78 Å². The lowest BCUT2D eigenvalue weighted by atomic mass is 10.2. The minimum atomic E-state index is -0.510. The number of aromatic nitrogens is 2. The molecule has 1 atom stereocenters. The molecule has 2 aromatic carbocycles. The quantitative estimate of drug-likeness (QED) is 0.477. The number of anilines is 1. The molecule has 170 valence electrons. The van der Waals surface area contributed by atoms with Gasteiger partial charge in [0, 0.05) is 23.1 Å². The summed E-state index contributed by atoms with van der Waals surface area (Å²) < 4.78 is 7.70. The molecule has 1 aliphatic rings. The standard InChI is InChI=1S/C24H28Cl2N4O2/c1-24(2,3)32-23(31)29-12-6-7-18(29)14-27-22-28-20-8-4-5-9-21(20)30(22)15-16-10-11-17(25)13-19(16)26/h4-5,8-11,13,18H,6-7,12,14-15H2,1-3H3,(H,27,28)/t18-/m0/s1. The molecular weight excluding hydrogens is 447 g/mol. The predicted octanol–water partition coefficient (Wildman–Crippen LogP) is 6.20. The van der Waals surface area contributed by atoms with E-state index in [2.05, 4.69) is 9.88 Å². The largest absolute Gasteiger partial charge is 0.444 e. The summed E-state index contributed by atoms with van der Waals surface area (Å²) in [7, 11) is 0. The molecule has 0 spiro atoms. The van der Waals surface area contributed by atoms with Gasteiger partial charge in [0.05, 0.1) is 23.6 Å². The number of nitrogens with zero attached hydrogens (tertiary/aromatic N) is 3. The average Bonchev–Trinajstić information content (AvgIpc) is 3.32. The van der Waals surface area contributed by atoms with E-state index in [1.807, 2.05) is 62.1 Å². The summed E-state index contributed by atoms with van der Waals surface area (Å²) in [5.41, 5.74) is 2.36. The van der Waals surface area contributed by atoms with E-state index in [-0.39, 0.29) is 12.1 Å². The van der Waals surface area contributed by atoms with Gasteiger partial charge in [0.1, 0.15) is 5.60 Å². The number of imidazole rings is 1. The number of benzene rings is 2. The number of likely N-dealkylation sites (tertiary alicyclic amines) is 1. The van der Waals surface area contributed by atoms with Crippen LogP contribution in [0.2, 0.25) is 10.0 Å². The number of ether oxygens (including phenoxy) is 1. The first kappa shape index (κ1) is 22.7. The molecule has 1 aliphatic heterocycles. The Morgan fingerprint density at radius 3 is 2.75 bits per heavy atom. The molecule has 0 aliphatic carbocycles. The van der Waals surface area contributed by atoms with E-state index < -0.39 is 5.60 Å². The van der Waals surface area contributed by atoms with Gasteiger partial charge in [-0.05, 0) is 63.4 Å². The van der Waals surface area contributed by atoms with E-state index >= 15 is 0 Å². The minimum Gasteiger partial charge on any atom is -0.444 e. The van der Waals surface area contributed by atoms with E-state index in [1.165, 1.54) is 0 Å². The Labute approximate surface area is 198 Å². The molecule has 32 heavy (non-hydrogen) atoms. The zero-order chi connectivity index (χ0) is 22.9. The SMILES string of the molecule is CC(C)(C)OC(=O)N1CCC[C@H]1CNc1nc2ccccc2n1Cc1ccc(Cl)cc1Cl. The Balaban J connectivity index is 1.55. The second kappa shape index (κ2) is 9.20. The first-order valence-electron chi connectivity index (χ1n) is 10.8. The van der Waals surface area contributed by atoms with Crippen LogP contribution in [-0.4, -0.2) is 45.3 Å². The number of nitrogens with one attached hydrogen (secondary N) is 1. The summed E-state index contributed by atoms with van der Waals surface area (Å²) in [6.45, 7) is 7.52. The Morgan fingerprint density at radius 2 is 2.00 bits per heavy atom. The molecule has 0 radical (unpaired) electrons. The lowest BCUT2D eigenvalue weighted by Crippen LogP contribution is -2.42. The topological polar surface area (TPSA) is 59.4 Å². The fraction of sp³-hybridized carbons (Fsp3) is 0.417. The molecule has 1 amide bonds. The molecular formula is C24H28Cl2N4O2. The molecule has 4 rings (SSSR count). The number of halogens is 2. The van der Waals surface area contributed by atoms with Crippen LogP contribution in [-0.2, 0) is 11.3 Å². The van der Waals surface area contributed by atoms with Crippen LogP contribution in [0.1, 0.15) is 39.2 Å². The van der Waals surface area contributed by atoms with Crippen molar-refractivity contribution in [2.45, 2.75) is 51.8 Å². The fourth-order valence-electron chi connectivity index (χ4n) is 4.01. The molecule has 0 saturated carbocycles. The number of para-hydroxylation sites is 2. The van der Waals surface area contributed by atoms with Crippen molar-refractivity contribution in [1.82, 2.24) is 14.5 Å². The van der Waals surface area contributed by atoms with Crippen molar-refractivity contribution in [3.05, 3.63) is 58.1 Å². The van der Waals surface area contributed by atoms with Crippen LogP contribution in [0.25, 0.3) is 11.0 Å². The van der Waals surface area contributed by atoms with Crippen molar-refractivity contribution < 1.29 is 9.53 Å². The first-order chi connectivity index (χ1) is 15.2. The number of carbonyl (C=O) groups is 1. The third-order valence-corrected chi connectivity index (χ3v) is 6.09. The van der Waals surface area contributed by atoms with Crippen molar-refractivity contribution in [3.8, 4) is 0 Å². The number of rotatable bonds is 5. The van der Waals surface area contributed by atoms with Gasteiger partial charge in [0.25, 0.3) is 0 Å². The Kier molecular flexibility index (Phi) is 6.54. The van der Waals surface area contributed by atoms with Gasteiger partial charge < -0.3 is 19.5 Å². The van der Waals surface area contributed by atoms with E-state index in [0.717, 1.165) is 35.4 Å². The normalized spacial score (nSPS) is 16.5. The van der Waals surface area contributed by atoms with Gasteiger partial charge in [-0.3, -0.25) is 0 Å². The zero-order valence-electron chi connectivity index (χ0n) is 18.6. The summed E-state index contributed by atoms with van der Waals surface area (Å²) in [6.07, 6.45) is 1.63. The van der Waals surface area contributed by atoms with Crippen LogP contribution >= 0.6 is 23.2 Å². The number of carbonyl (C=O) groups excluding carboxylic acids is 1. The van der Waals surface area contributed by atoms with Crippen LogP contribution in [0.3, 0.4) is 0 Å². The Morgan fingerprint density at radius 1 is 1.22 bits per heavy atom. The average molecular weight is 475 g/mol. The summed E-state index contributed by atoms with van der Waals surface area (Å²) in [4.78, 5) is 19.2. The van der Waals surface area contributed by atoms with Crippen molar-refractivity contribution in [2.24, 2.45) is 0 Å². The molecule has 1 fully saturated rings. The van der Waals surface area contributed by atoms with Gasteiger partial charge >= 0.3 is 6.09 Å². The van der Waals surface area contributed by atoms with Crippen molar-refractivity contribution >= 4 is 46.3 Å². The summed E-state index contributed by atoms with van der Waals surface area (Å²) >= 11 is 12.5. The fourth-order valence-corrected chi connectivity index (χ4v) is 4.48. The number of hydrogen-bond donors (Lipinski definition) is 1. The maximum Gasteiger partial charge on any atom is 0.410 e. The number of fused-ring (bicyclic) bond motifs is 1. The Bertz CT molecular complexity index is 1120. The second-order valence-electron chi connectivity index (χ2n) is 9.10. The Hall–Kier alpha value is -2.44. The number of amides is 1. The molecule has 2 heterocycles. The number of hydrogen-bond acceptors (Lipinski definition) is 4. The first-order valence-corrected chi connectivity index (χ1v) is 11.6. The molecule has 1 saturated heterocycles. The van der Waals surface area contributed by atoms with E-state index in [4.69, 9.17) is 32.9 Å². The highest BCUT2D eigenvalue weighted by atomic mass is 35.5. The third kappa shape index (κ3) is 5.13. The molecule has 6 nitrogen and oxygen atoms in total. The predicted molar refractivity (Wildman–Crippen MR) is 130 cm³/mol. The highest BCUT2D eigenvalue weighted by Crippen LogP contribution is 2.27. The van der Waals surface area contributed by atoms with Gasteiger partial charge in [-0.15, -0.1) is 0 Å². The van der Waals surface area contributed by atoms with Crippen LogP contribution < -0.4 is 5.32 Å². The second-order valence-corrected chi connectivity index (χ2v) is 9.94. The lowest BCUT2D eigenvalue weighted by Gasteiger charge is -2.28. The highest BCUT2D eigenvalue weighted by molar-refractivity contribution is 6.35. The maximum atomic E-state index is 12.6. The molecule has 3 aromatic rings. The minimum absolute atomic E-state index is 0.0530. The zero-order valence-corrected chi connectivity index (χ0v) is 20.1. The monoisotopic (exact) mass is 474 g/mol. The van der Waals surface area contributed by atoms with Gasteiger partial charge in [0.2, 0.25) is 5.95 Å². The lowest BCUT2D eigenvalue weighted by molar-refractivity contribution is 0.0235. The smallest absolute Gasteiger partial charge is 0.410 e. The summed E-state index contributed by atoms with van der Waals surface area (Å²) in [5, 5.41) is 4.70.